The van der Waals surface area contributed by atoms with E-state index in [1.807, 2.05) is 0 Å². The Balaban J connectivity index is 1.53. The van der Waals surface area contributed by atoms with Crippen LogP contribution < -0.4 is 10.0 Å². The molecule has 8 nitrogen and oxygen atoms in total. The minimum absolute atomic E-state index is 0.0532. The number of methoxy groups -OCH3 is 1. The minimum atomic E-state index is -0.933. The van der Waals surface area contributed by atoms with Crippen LogP contribution in [0.2, 0.25) is 5.02 Å². The topological polar surface area (TPSA) is 111 Å². The van der Waals surface area contributed by atoms with Crippen LogP contribution in [0, 0.1) is 20.4 Å². The third kappa shape index (κ3) is 6.05. The summed E-state index contributed by atoms with van der Waals surface area (Å²) < 4.78 is 35.1. The molecule has 0 saturated heterocycles. The zero-order chi connectivity index (χ0) is 29.3. The van der Waals surface area contributed by atoms with Crippen LogP contribution in [0.15, 0.2) is 48.8 Å². The predicted molar refractivity (Wildman–Crippen MR) is 157 cm³/mol. The Hall–Kier alpha value is -3.58. The van der Waals surface area contributed by atoms with E-state index in [1.165, 1.54) is 19.2 Å². The Morgan fingerprint density at radius 1 is 1.24 bits per heavy atom. The van der Waals surface area contributed by atoms with Gasteiger partial charge in [-0.15, -0.1) is 0 Å². The maximum Gasteiger partial charge on any atom is 0.309 e. The molecule has 1 aliphatic heterocycles. The summed E-state index contributed by atoms with van der Waals surface area (Å²) in [6.07, 6.45) is 4.73. The van der Waals surface area contributed by atoms with E-state index in [2.05, 4.69) is 15.3 Å². The first-order valence-electron chi connectivity index (χ1n) is 12.8. The van der Waals surface area contributed by atoms with Gasteiger partial charge in [0.15, 0.2) is 12.0 Å². The van der Waals surface area contributed by atoms with E-state index < -0.39 is 23.5 Å². The number of anilines is 1. The summed E-state index contributed by atoms with van der Waals surface area (Å²) in [5, 5.41) is 16.0. The molecule has 2 bridgehead atoms. The fourth-order valence-corrected chi connectivity index (χ4v) is 5.60. The Morgan fingerprint density at radius 3 is 2.80 bits per heavy atom. The highest BCUT2D eigenvalue weighted by molar-refractivity contribution is 14.1. The predicted octanol–water partition coefficient (Wildman–Crippen LogP) is 6.27. The van der Waals surface area contributed by atoms with Crippen molar-refractivity contribution in [2.24, 2.45) is 0 Å². The molecule has 1 atom stereocenters. The molecule has 0 saturated carbocycles. The first kappa shape index (κ1) is 28.9. The van der Waals surface area contributed by atoms with E-state index in [9.17, 15) is 23.6 Å². The molecule has 1 amide bonds. The number of aromatic nitrogens is 3. The van der Waals surface area contributed by atoms with Gasteiger partial charge in [-0.3, -0.25) is 9.59 Å². The van der Waals surface area contributed by atoms with Crippen molar-refractivity contribution < 1.29 is 27.8 Å². The number of esters is 1. The summed E-state index contributed by atoms with van der Waals surface area (Å²) in [4.78, 5) is 32.4. The molecule has 212 valence electrons. The fourth-order valence-electron chi connectivity index (χ4n) is 4.94. The number of pyridine rings is 1. The van der Waals surface area contributed by atoms with E-state index in [0.717, 1.165) is 12.3 Å². The summed E-state index contributed by atoms with van der Waals surface area (Å²) in [6.45, 7) is 0. The number of carbonyl (C=O) groups excluding carboxylic acids is 2. The Morgan fingerprint density at radius 2 is 2.05 bits per heavy atom. The highest BCUT2D eigenvalue weighted by Gasteiger charge is 2.28. The number of benzene rings is 2. The normalized spacial score (nSPS) is 15.3. The standard InChI is InChI=1S/C29H24ClF2IN4O4/c1-41-25(39)11-15-6-8-17-21(10-15)35-24(38)5-3-2-4-18(29-34-13-22(17)36-29)23-9-7-16(14-37(23)40)26-19(31)12-20(33)27(30)28(26)32/h6-10,12-14,18H,2-5,11H2,1H3,(H,34,36)(H,35,38). The van der Waals surface area contributed by atoms with Gasteiger partial charge in [-0.1, -0.05) is 30.2 Å². The van der Waals surface area contributed by atoms with Crippen molar-refractivity contribution in [1.82, 2.24) is 9.97 Å². The molecule has 2 N–H and O–H groups in total. The molecule has 0 spiro atoms. The molecule has 0 aliphatic carbocycles. The van der Waals surface area contributed by atoms with E-state index in [1.54, 1.807) is 47.0 Å². The van der Waals surface area contributed by atoms with Crippen LogP contribution in [0.25, 0.3) is 22.4 Å². The first-order chi connectivity index (χ1) is 19.7. The van der Waals surface area contributed by atoms with Gasteiger partial charge in [0.25, 0.3) is 0 Å². The number of ether oxygens (including phenoxy) is 1. The van der Waals surface area contributed by atoms with Gasteiger partial charge < -0.3 is 20.2 Å². The number of fused-ring (bicyclic) bond motifs is 4. The number of amides is 1. The highest BCUT2D eigenvalue weighted by Crippen LogP contribution is 2.36. The lowest BCUT2D eigenvalue weighted by atomic mass is 9.95. The number of H-pyrrole nitrogens is 1. The summed E-state index contributed by atoms with van der Waals surface area (Å²) in [5.74, 6) is -2.28. The molecule has 0 fully saturated rings. The molecule has 5 rings (SSSR count). The molecule has 1 aliphatic rings. The molecular weight excluding hydrogens is 669 g/mol. The van der Waals surface area contributed by atoms with Crippen LogP contribution in [-0.4, -0.2) is 29.0 Å². The van der Waals surface area contributed by atoms with Crippen molar-refractivity contribution in [3.8, 4) is 22.4 Å². The largest absolute Gasteiger partial charge is 0.618 e. The number of halogens is 4. The third-order valence-electron chi connectivity index (χ3n) is 7.00. The Kier molecular flexibility index (Phi) is 8.55. The van der Waals surface area contributed by atoms with Crippen molar-refractivity contribution in [3.63, 3.8) is 0 Å². The fraction of sp³-hybridized carbons (Fsp3) is 0.241. The second kappa shape index (κ2) is 12.1. The van der Waals surface area contributed by atoms with Crippen LogP contribution in [0.1, 0.15) is 48.7 Å². The monoisotopic (exact) mass is 692 g/mol. The molecule has 3 heterocycles. The molecule has 12 heteroatoms. The average Bonchev–Trinajstić information content (AvgIpc) is 3.42. The van der Waals surface area contributed by atoms with Crippen molar-refractivity contribution in [1.29, 1.82) is 0 Å². The zero-order valence-corrected chi connectivity index (χ0v) is 24.7. The van der Waals surface area contributed by atoms with Crippen LogP contribution in [-0.2, 0) is 20.7 Å². The second-order valence-electron chi connectivity index (χ2n) is 9.67. The molecule has 2 aromatic carbocycles. The molecule has 2 aromatic heterocycles. The minimum Gasteiger partial charge on any atom is -0.618 e. The lowest BCUT2D eigenvalue weighted by Crippen LogP contribution is -2.34. The number of nitrogens with zero attached hydrogens (tertiary/aromatic N) is 2. The zero-order valence-electron chi connectivity index (χ0n) is 21.8. The Labute approximate surface area is 252 Å². The van der Waals surface area contributed by atoms with Gasteiger partial charge in [-0.05, 0) is 59.2 Å². The van der Waals surface area contributed by atoms with Crippen molar-refractivity contribution >= 4 is 51.8 Å². The lowest BCUT2D eigenvalue weighted by Gasteiger charge is -2.17. The van der Waals surface area contributed by atoms with Crippen LogP contribution in [0.4, 0.5) is 14.5 Å². The maximum absolute atomic E-state index is 14.9. The lowest BCUT2D eigenvalue weighted by molar-refractivity contribution is -0.614. The maximum atomic E-state index is 14.9. The van der Waals surface area contributed by atoms with Crippen LogP contribution >= 0.6 is 34.2 Å². The number of imidazole rings is 1. The summed E-state index contributed by atoms with van der Waals surface area (Å²) in [7, 11) is 1.31. The number of hydrogen-bond donors (Lipinski definition) is 2. The summed E-state index contributed by atoms with van der Waals surface area (Å²) >= 11 is 7.74. The van der Waals surface area contributed by atoms with E-state index in [-0.39, 0.29) is 38.5 Å². The van der Waals surface area contributed by atoms with Gasteiger partial charge in [0, 0.05) is 21.6 Å². The van der Waals surface area contributed by atoms with Gasteiger partial charge >= 0.3 is 5.97 Å². The van der Waals surface area contributed by atoms with Crippen LogP contribution in [0.5, 0.6) is 0 Å². The van der Waals surface area contributed by atoms with Gasteiger partial charge in [-0.2, -0.15) is 4.73 Å². The third-order valence-corrected chi connectivity index (χ3v) is 8.54. The number of nitrogens with one attached hydrogen (secondary N) is 2. The molecular formula is C29H24ClF2IN4O4. The molecule has 4 aromatic rings. The molecule has 1 unspecified atom stereocenters. The van der Waals surface area contributed by atoms with Gasteiger partial charge in [0.1, 0.15) is 17.6 Å². The van der Waals surface area contributed by atoms with Gasteiger partial charge in [0.05, 0.1) is 47.3 Å². The number of carbonyl (C=O) groups is 2. The number of aromatic amines is 1. The van der Waals surface area contributed by atoms with E-state index in [0.29, 0.717) is 58.0 Å². The van der Waals surface area contributed by atoms with Gasteiger partial charge in [-0.25, -0.2) is 13.8 Å². The van der Waals surface area contributed by atoms with Crippen molar-refractivity contribution in [2.45, 2.75) is 38.0 Å². The molecule has 41 heavy (non-hydrogen) atoms. The second-order valence-corrected chi connectivity index (χ2v) is 11.2. The number of hydrogen-bond acceptors (Lipinski definition) is 5. The number of rotatable bonds is 4. The highest BCUT2D eigenvalue weighted by atomic mass is 127. The summed E-state index contributed by atoms with van der Waals surface area (Å²) in [5.41, 5.74) is 2.48. The van der Waals surface area contributed by atoms with Crippen molar-refractivity contribution in [3.05, 3.63) is 91.3 Å². The van der Waals surface area contributed by atoms with Crippen LogP contribution in [0.3, 0.4) is 0 Å². The first-order valence-corrected chi connectivity index (χ1v) is 14.2. The average molecular weight is 693 g/mol. The SMILES string of the molecule is COC(=O)Cc1ccc2c(c1)NC(=O)CCCCC(c1ccc(-c3c(F)cc(I)c(Cl)c3F)c[n+]1[O-])c1ncc-2[nH]1. The van der Waals surface area contributed by atoms with Gasteiger partial charge in [0.2, 0.25) is 11.6 Å². The van der Waals surface area contributed by atoms with E-state index >= 15 is 0 Å². The summed E-state index contributed by atoms with van der Waals surface area (Å²) in [6, 6.07) is 9.42. The smallest absolute Gasteiger partial charge is 0.309 e. The van der Waals surface area contributed by atoms with E-state index in [4.69, 9.17) is 16.3 Å². The quantitative estimate of drug-likeness (QED) is 0.0654. The molecule has 0 radical (unpaired) electrons. The van der Waals surface area contributed by atoms with Crippen molar-refractivity contribution in [2.75, 3.05) is 12.4 Å². The Bertz CT molecular complexity index is 1660.